The van der Waals surface area contributed by atoms with Crippen molar-refractivity contribution in [2.45, 2.75) is 6.23 Å². The van der Waals surface area contributed by atoms with Crippen LogP contribution < -0.4 is 14.4 Å². The molecule has 1 atom stereocenters. The van der Waals surface area contributed by atoms with Crippen molar-refractivity contribution in [2.75, 3.05) is 32.3 Å². The molecule has 0 bridgehead atoms. The van der Waals surface area contributed by atoms with Crippen LogP contribution in [-0.4, -0.2) is 31.9 Å². The van der Waals surface area contributed by atoms with Gasteiger partial charge in [0.25, 0.3) is 0 Å². The van der Waals surface area contributed by atoms with Gasteiger partial charge in [0.2, 0.25) is 0 Å². The van der Waals surface area contributed by atoms with Crippen molar-refractivity contribution < 1.29 is 14.2 Å². The van der Waals surface area contributed by atoms with Crippen LogP contribution in [0.1, 0.15) is 11.8 Å². The van der Waals surface area contributed by atoms with Gasteiger partial charge in [-0.3, -0.25) is 0 Å². The smallest absolute Gasteiger partial charge is 0.158 e. The van der Waals surface area contributed by atoms with Crippen molar-refractivity contribution in [2.24, 2.45) is 0 Å². The Morgan fingerprint density at radius 3 is 2.73 bits per heavy atom. The fourth-order valence-electron chi connectivity index (χ4n) is 3.35. The molecule has 2 aromatic carbocycles. The van der Waals surface area contributed by atoms with E-state index >= 15 is 0 Å². The summed E-state index contributed by atoms with van der Waals surface area (Å²) in [4.78, 5) is 2.24. The molecule has 0 amide bonds. The number of aromatic nitrogens is 1. The molecule has 1 aliphatic rings. The Balaban J connectivity index is 1.64. The third-order valence-electron chi connectivity index (χ3n) is 4.64. The number of nitrogens with zero attached hydrogens (tertiary/aromatic N) is 2. The van der Waals surface area contributed by atoms with E-state index in [0.29, 0.717) is 6.61 Å². The number of hydrogen-bond acceptors (Lipinski definition) is 4. The molecule has 0 radical (unpaired) electrons. The van der Waals surface area contributed by atoms with Crippen molar-refractivity contribution in [3.63, 3.8) is 0 Å². The summed E-state index contributed by atoms with van der Waals surface area (Å²) in [6, 6.07) is 18.1. The second-order valence-corrected chi connectivity index (χ2v) is 6.14. The van der Waals surface area contributed by atoms with Gasteiger partial charge in [0.05, 0.1) is 26.5 Å². The maximum Gasteiger partial charge on any atom is 0.158 e. The lowest BCUT2D eigenvalue weighted by Crippen LogP contribution is -2.23. The highest BCUT2D eigenvalue weighted by Gasteiger charge is 2.29. The van der Waals surface area contributed by atoms with Crippen LogP contribution in [0.4, 0.5) is 5.69 Å². The van der Waals surface area contributed by atoms with Crippen LogP contribution in [0.15, 0.2) is 67.0 Å². The number of benzene rings is 2. The number of methoxy groups -OCH3 is 2. The van der Waals surface area contributed by atoms with Gasteiger partial charge in [-0.15, -0.1) is 0 Å². The molecule has 0 N–H and O–H groups in total. The van der Waals surface area contributed by atoms with E-state index in [1.807, 2.05) is 42.6 Å². The van der Waals surface area contributed by atoms with E-state index < -0.39 is 0 Å². The molecule has 4 rings (SSSR count). The molecule has 0 saturated carbocycles. The lowest BCUT2D eigenvalue weighted by Gasteiger charge is -2.26. The molecule has 3 aromatic rings. The van der Waals surface area contributed by atoms with Gasteiger partial charge in [-0.25, -0.2) is 0 Å². The summed E-state index contributed by atoms with van der Waals surface area (Å²) in [6.07, 6.45) is 4.03. The molecule has 2 heterocycles. The summed E-state index contributed by atoms with van der Waals surface area (Å²) in [7, 11) is 3.38. The van der Waals surface area contributed by atoms with Gasteiger partial charge in [-0.05, 0) is 30.3 Å². The minimum absolute atomic E-state index is 0.127. The van der Waals surface area contributed by atoms with Gasteiger partial charge < -0.3 is 23.7 Å². The molecule has 134 valence electrons. The molecule has 0 spiro atoms. The van der Waals surface area contributed by atoms with Gasteiger partial charge in [-0.2, -0.15) is 0 Å². The lowest BCUT2D eigenvalue weighted by molar-refractivity contribution is 0.113. The standard InChI is InChI=1S/C21H22N2O3/c1-24-18-7-5-6-17(14-18)22-11-10-16(15-22)21-23(12-13-26-21)19-8-3-4-9-20(19)25-2/h3-11,14-15,21H,12-13H2,1-2H3/t21-/m1/s1. The first-order chi connectivity index (χ1) is 12.8. The van der Waals surface area contributed by atoms with Gasteiger partial charge in [0, 0.05) is 36.3 Å². The SMILES string of the molecule is COc1cccc(-n2ccc([C@H]3OCCN3c3ccccc3OC)c2)c1. The number of rotatable bonds is 5. The Labute approximate surface area is 153 Å². The molecular weight excluding hydrogens is 328 g/mol. The number of para-hydroxylation sites is 2. The number of anilines is 1. The maximum absolute atomic E-state index is 6.03. The monoisotopic (exact) mass is 350 g/mol. The predicted octanol–water partition coefficient (Wildman–Crippen LogP) is 4.03. The van der Waals surface area contributed by atoms with E-state index in [1.54, 1.807) is 14.2 Å². The molecule has 0 aliphatic carbocycles. The fourth-order valence-corrected chi connectivity index (χ4v) is 3.35. The number of ether oxygens (including phenoxy) is 3. The van der Waals surface area contributed by atoms with Crippen LogP contribution in [0, 0.1) is 0 Å². The summed E-state index contributed by atoms with van der Waals surface area (Å²) < 4.78 is 19.0. The lowest BCUT2D eigenvalue weighted by atomic mass is 10.2. The van der Waals surface area contributed by atoms with E-state index in [-0.39, 0.29) is 6.23 Å². The Kier molecular flexibility index (Phi) is 4.54. The summed E-state index contributed by atoms with van der Waals surface area (Å²) in [5, 5.41) is 0. The van der Waals surface area contributed by atoms with Crippen molar-refractivity contribution >= 4 is 5.69 Å². The second kappa shape index (κ2) is 7.14. The zero-order valence-corrected chi connectivity index (χ0v) is 15.0. The molecule has 26 heavy (non-hydrogen) atoms. The van der Waals surface area contributed by atoms with Gasteiger partial charge in [0.1, 0.15) is 11.5 Å². The third kappa shape index (κ3) is 3.02. The summed E-state index contributed by atoms with van der Waals surface area (Å²) in [5.74, 6) is 1.70. The van der Waals surface area contributed by atoms with Crippen molar-refractivity contribution in [1.29, 1.82) is 0 Å². The van der Waals surface area contributed by atoms with E-state index in [2.05, 4.69) is 33.9 Å². The van der Waals surface area contributed by atoms with Crippen molar-refractivity contribution in [3.8, 4) is 17.2 Å². The Morgan fingerprint density at radius 2 is 1.88 bits per heavy atom. The molecule has 1 fully saturated rings. The van der Waals surface area contributed by atoms with Crippen LogP contribution in [0.25, 0.3) is 5.69 Å². The van der Waals surface area contributed by atoms with E-state index in [4.69, 9.17) is 14.2 Å². The highest BCUT2D eigenvalue weighted by atomic mass is 16.5. The molecular formula is C21H22N2O3. The Hall–Kier alpha value is -2.92. The van der Waals surface area contributed by atoms with Crippen LogP contribution in [0.3, 0.4) is 0 Å². The molecule has 1 saturated heterocycles. The normalized spacial score (nSPS) is 16.7. The zero-order valence-electron chi connectivity index (χ0n) is 15.0. The highest BCUT2D eigenvalue weighted by molar-refractivity contribution is 5.60. The van der Waals surface area contributed by atoms with Crippen LogP contribution in [-0.2, 0) is 4.74 Å². The van der Waals surface area contributed by atoms with Gasteiger partial charge in [0.15, 0.2) is 6.23 Å². The largest absolute Gasteiger partial charge is 0.497 e. The maximum atomic E-state index is 6.03. The second-order valence-electron chi connectivity index (χ2n) is 6.14. The zero-order chi connectivity index (χ0) is 17.9. The average molecular weight is 350 g/mol. The van der Waals surface area contributed by atoms with E-state index in [1.165, 1.54) is 0 Å². The first-order valence-corrected chi connectivity index (χ1v) is 8.64. The van der Waals surface area contributed by atoms with Crippen LogP contribution >= 0.6 is 0 Å². The molecule has 1 aromatic heterocycles. The quantitative estimate of drug-likeness (QED) is 0.696. The first-order valence-electron chi connectivity index (χ1n) is 8.64. The minimum Gasteiger partial charge on any atom is -0.497 e. The van der Waals surface area contributed by atoms with E-state index in [0.717, 1.165) is 35.0 Å². The molecule has 5 nitrogen and oxygen atoms in total. The van der Waals surface area contributed by atoms with E-state index in [9.17, 15) is 0 Å². The number of hydrogen-bond donors (Lipinski definition) is 0. The topological polar surface area (TPSA) is 35.9 Å². The predicted molar refractivity (Wildman–Crippen MR) is 101 cm³/mol. The fraction of sp³-hybridized carbons (Fsp3) is 0.238. The van der Waals surface area contributed by atoms with Gasteiger partial charge >= 0.3 is 0 Å². The average Bonchev–Trinajstić information content (AvgIpc) is 3.37. The third-order valence-corrected chi connectivity index (χ3v) is 4.64. The Morgan fingerprint density at radius 1 is 1.00 bits per heavy atom. The van der Waals surface area contributed by atoms with Crippen molar-refractivity contribution in [3.05, 3.63) is 72.6 Å². The Bertz CT molecular complexity index is 890. The summed E-state index contributed by atoms with van der Waals surface area (Å²) in [5.41, 5.74) is 3.21. The minimum atomic E-state index is -0.127. The highest BCUT2D eigenvalue weighted by Crippen LogP contribution is 2.37. The van der Waals surface area contributed by atoms with Gasteiger partial charge in [-0.1, -0.05) is 18.2 Å². The van der Waals surface area contributed by atoms with Crippen LogP contribution in [0.2, 0.25) is 0 Å². The first kappa shape index (κ1) is 16.5. The van der Waals surface area contributed by atoms with Crippen molar-refractivity contribution in [1.82, 2.24) is 4.57 Å². The van der Waals surface area contributed by atoms with Crippen LogP contribution in [0.5, 0.6) is 11.5 Å². The molecule has 5 heteroatoms. The summed E-state index contributed by atoms with van der Waals surface area (Å²) >= 11 is 0. The molecule has 0 unspecified atom stereocenters. The molecule has 1 aliphatic heterocycles. The summed E-state index contributed by atoms with van der Waals surface area (Å²) in [6.45, 7) is 1.52.